The van der Waals surface area contributed by atoms with E-state index in [9.17, 15) is 15.2 Å². The summed E-state index contributed by atoms with van der Waals surface area (Å²) < 4.78 is 0. The Morgan fingerprint density at radius 1 is 1.40 bits per heavy atom. The van der Waals surface area contributed by atoms with Crippen LogP contribution in [0.4, 0.5) is 5.69 Å². The van der Waals surface area contributed by atoms with Gasteiger partial charge in [0.25, 0.3) is 5.69 Å². The van der Waals surface area contributed by atoms with Gasteiger partial charge in [0.2, 0.25) is 0 Å². The average molecular weight is 208 g/mol. The van der Waals surface area contributed by atoms with Crippen LogP contribution in [0, 0.1) is 10.1 Å². The molecule has 0 saturated carbocycles. The Morgan fingerprint density at radius 3 is 2.47 bits per heavy atom. The summed E-state index contributed by atoms with van der Waals surface area (Å²) in [5.74, 6) is 0. The summed E-state index contributed by atoms with van der Waals surface area (Å²) >= 11 is 0. The monoisotopic (exact) mass is 208 g/mol. The van der Waals surface area contributed by atoms with E-state index in [2.05, 4.69) is 4.90 Å². The predicted octanol–water partition coefficient (Wildman–Crippen LogP) is 0.944. The Balaban J connectivity index is 2.04. The van der Waals surface area contributed by atoms with Gasteiger partial charge in [-0.15, -0.1) is 0 Å². The predicted molar refractivity (Wildman–Crippen MR) is 54.5 cm³/mol. The summed E-state index contributed by atoms with van der Waals surface area (Å²) in [6.45, 7) is 2.67. The van der Waals surface area contributed by atoms with Gasteiger partial charge >= 0.3 is 0 Å². The molecule has 1 aliphatic heterocycles. The van der Waals surface area contributed by atoms with Crippen molar-refractivity contribution in [2.75, 3.05) is 19.6 Å². The summed E-state index contributed by atoms with van der Waals surface area (Å²) in [6, 6.07) is 6.04. The van der Waals surface area contributed by atoms with Crippen LogP contribution >= 0.6 is 0 Å². The number of non-ortho nitro benzene ring substituents is 1. The number of rotatable bonds is 4. The number of nitrogens with zero attached hydrogens (tertiary/aromatic N) is 2. The summed E-state index contributed by atoms with van der Waals surface area (Å²) in [4.78, 5) is 12.1. The lowest BCUT2D eigenvalue weighted by Gasteiger charge is -2.10. The minimum atomic E-state index is -0.548. The third-order valence-electron chi connectivity index (χ3n) is 2.46. The van der Waals surface area contributed by atoms with Crippen LogP contribution in [0.25, 0.3) is 0 Å². The summed E-state index contributed by atoms with van der Waals surface area (Å²) in [5, 5.41) is 20.2. The highest BCUT2D eigenvalue weighted by Crippen LogP contribution is 2.20. The number of β-amino-alcohol motifs (C(OH)–C–C–N with tert-alkyl or cyclic N) is 1. The van der Waals surface area contributed by atoms with Crippen LogP contribution in [-0.2, 0) is 0 Å². The lowest BCUT2D eigenvalue weighted by Crippen LogP contribution is -2.10. The van der Waals surface area contributed by atoms with E-state index in [4.69, 9.17) is 0 Å². The number of nitro groups is 1. The Labute approximate surface area is 87.1 Å². The molecule has 1 N–H and O–H groups in total. The van der Waals surface area contributed by atoms with Crippen LogP contribution in [-0.4, -0.2) is 34.6 Å². The molecule has 1 aromatic carbocycles. The van der Waals surface area contributed by atoms with E-state index in [1.54, 1.807) is 12.1 Å². The average Bonchev–Trinajstić information content (AvgIpc) is 3.02. The molecule has 0 unspecified atom stereocenters. The smallest absolute Gasteiger partial charge is 0.269 e. The van der Waals surface area contributed by atoms with Crippen molar-refractivity contribution < 1.29 is 10.0 Å². The van der Waals surface area contributed by atoms with Crippen LogP contribution in [0.1, 0.15) is 11.7 Å². The van der Waals surface area contributed by atoms with Gasteiger partial charge in [-0.2, -0.15) is 0 Å². The lowest BCUT2D eigenvalue weighted by molar-refractivity contribution is -0.384. The summed E-state index contributed by atoms with van der Waals surface area (Å²) in [5.41, 5.74) is 0.783. The lowest BCUT2D eigenvalue weighted by atomic mass is 10.1. The first-order valence-electron chi connectivity index (χ1n) is 4.81. The largest absolute Gasteiger partial charge is 0.387 e. The first-order valence-corrected chi connectivity index (χ1v) is 4.81. The molecule has 1 aromatic rings. The Hall–Kier alpha value is -1.46. The van der Waals surface area contributed by atoms with Crippen LogP contribution in [0.5, 0.6) is 0 Å². The zero-order valence-electron chi connectivity index (χ0n) is 8.17. The maximum absolute atomic E-state index is 10.4. The van der Waals surface area contributed by atoms with Gasteiger partial charge in [0.15, 0.2) is 0 Å². The summed E-state index contributed by atoms with van der Waals surface area (Å²) in [6.07, 6.45) is -0.548. The summed E-state index contributed by atoms with van der Waals surface area (Å²) in [7, 11) is 0. The van der Waals surface area contributed by atoms with Crippen LogP contribution in [0.3, 0.4) is 0 Å². The van der Waals surface area contributed by atoms with E-state index in [1.807, 2.05) is 0 Å². The van der Waals surface area contributed by atoms with E-state index in [1.165, 1.54) is 12.1 Å². The first kappa shape index (κ1) is 10.1. The number of hydrogen-bond acceptors (Lipinski definition) is 4. The minimum absolute atomic E-state index is 0.0534. The molecule has 1 heterocycles. The first-order chi connectivity index (χ1) is 7.16. The van der Waals surface area contributed by atoms with E-state index in [0.29, 0.717) is 6.54 Å². The fourth-order valence-electron chi connectivity index (χ4n) is 1.42. The fraction of sp³-hybridized carbons (Fsp3) is 0.400. The van der Waals surface area contributed by atoms with Gasteiger partial charge in [0.1, 0.15) is 0 Å². The van der Waals surface area contributed by atoms with Crippen molar-refractivity contribution in [1.82, 2.24) is 4.90 Å². The van der Waals surface area contributed by atoms with Crippen LogP contribution in [0.2, 0.25) is 0 Å². The highest BCUT2D eigenvalue weighted by atomic mass is 16.6. The molecule has 0 aromatic heterocycles. The zero-order chi connectivity index (χ0) is 10.8. The van der Waals surface area contributed by atoms with Gasteiger partial charge in [0, 0.05) is 31.8 Å². The van der Waals surface area contributed by atoms with Crippen LogP contribution < -0.4 is 0 Å². The van der Waals surface area contributed by atoms with Gasteiger partial charge in [-0.1, -0.05) is 0 Å². The molecule has 5 heteroatoms. The topological polar surface area (TPSA) is 66.4 Å². The highest BCUT2D eigenvalue weighted by Gasteiger charge is 2.21. The number of hydrogen-bond donors (Lipinski definition) is 1. The molecule has 1 saturated heterocycles. The standard InChI is InChI=1S/C10H12N2O3/c13-10(7-11-5-6-11)8-1-3-9(4-2-8)12(14)15/h1-4,10,13H,5-7H2/t10-/m1/s1. The fourth-order valence-corrected chi connectivity index (χ4v) is 1.42. The maximum Gasteiger partial charge on any atom is 0.269 e. The molecule has 15 heavy (non-hydrogen) atoms. The molecular weight excluding hydrogens is 196 g/mol. The Bertz CT molecular complexity index is 359. The van der Waals surface area contributed by atoms with Gasteiger partial charge in [-0.05, 0) is 17.7 Å². The number of benzene rings is 1. The molecule has 0 amide bonds. The second-order valence-corrected chi connectivity index (χ2v) is 3.67. The highest BCUT2D eigenvalue weighted by molar-refractivity contribution is 5.33. The molecule has 0 bridgehead atoms. The second kappa shape index (κ2) is 3.96. The zero-order valence-corrected chi connectivity index (χ0v) is 8.17. The second-order valence-electron chi connectivity index (χ2n) is 3.67. The third-order valence-corrected chi connectivity index (χ3v) is 2.46. The number of nitro benzene ring substituents is 1. The number of aliphatic hydroxyl groups is 1. The van der Waals surface area contributed by atoms with Gasteiger partial charge < -0.3 is 5.11 Å². The molecule has 1 fully saturated rings. The van der Waals surface area contributed by atoms with E-state index >= 15 is 0 Å². The van der Waals surface area contributed by atoms with Crippen molar-refractivity contribution in [3.63, 3.8) is 0 Å². The molecule has 2 rings (SSSR count). The SMILES string of the molecule is O=[N+]([O-])c1ccc([C@H](O)CN2CC2)cc1. The molecule has 1 aliphatic rings. The van der Waals surface area contributed by atoms with Crippen molar-refractivity contribution in [2.45, 2.75) is 6.10 Å². The third kappa shape index (κ3) is 2.51. The minimum Gasteiger partial charge on any atom is -0.387 e. The van der Waals surface area contributed by atoms with Crippen molar-refractivity contribution >= 4 is 5.69 Å². The van der Waals surface area contributed by atoms with Crippen molar-refractivity contribution in [3.8, 4) is 0 Å². The van der Waals surface area contributed by atoms with Gasteiger partial charge in [-0.25, -0.2) is 0 Å². The molecule has 80 valence electrons. The Kier molecular flexibility index (Phi) is 2.66. The Morgan fingerprint density at radius 2 is 2.00 bits per heavy atom. The van der Waals surface area contributed by atoms with Gasteiger partial charge in [0.05, 0.1) is 11.0 Å². The van der Waals surface area contributed by atoms with E-state index in [-0.39, 0.29) is 5.69 Å². The molecular formula is C10H12N2O3. The maximum atomic E-state index is 10.4. The van der Waals surface area contributed by atoms with Crippen molar-refractivity contribution in [2.24, 2.45) is 0 Å². The van der Waals surface area contributed by atoms with Gasteiger partial charge in [-0.3, -0.25) is 15.0 Å². The van der Waals surface area contributed by atoms with Crippen molar-refractivity contribution in [1.29, 1.82) is 0 Å². The normalized spacial score (nSPS) is 17.4. The molecule has 0 radical (unpaired) electrons. The van der Waals surface area contributed by atoms with Crippen LogP contribution in [0.15, 0.2) is 24.3 Å². The van der Waals surface area contributed by atoms with E-state index in [0.717, 1.165) is 18.7 Å². The van der Waals surface area contributed by atoms with E-state index < -0.39 is 11.0 Å². The molecule has 0 aliphatic carbocycles. The molecule has 5 nitrogen and oxygen atoms in total. The molecule has 1 atom stereocenters. The van der Waals surface area contributed by atoms with Crippen molar-refractivity contribution in [3.05, 3.63) is 39.9 Å². The molecule has 0 spiro atoms. The number of aliphatic hydroxyl groups excluding tert-OH is 1. The quantitative estimate of drug-likeness (QED) is 0.454.